The molecule has 1 heterocycles. The monoisotopic (exact) mass is 307 g/mol. The lowest BCUT2D eigenvalue weighted by Gasteiger charge is -2.40. The Hall–Kier alpha value is -0.0800. The maximum Gasteiger partial charge on any atom is 0.241 e. The van der Waals surface area contributed by atoms with Gasteiger partial charge in [0.15, 0.2) is 0 Å². The van der Waals surface area contributed by atoms with E-state index < -0.39 is 10.0 Å². The van der Waals surface area contributed by atoms with Crippen LogP contribution in [0.5, 0.6) is 0 Å². The Morgan fingerprint density at radius 1 is 1.56 bits per heavy atom. The van der Waals surface area contributed by atoms with Gasteiger partial charge in [0.05, 0.1) is 11.5 Å². The van der Waals surface area contributed by atoms with Crippen LogP contribution in [-0.4, -0.2) is 31.1 Å². The highest BCUT2D eigenvalue weighted by atomic mass is 32.2. The Morgan fingerprint density at radius 2 is 2.28 bits per heavy atom. The maximum atomic E-state index is 12.2. The third-order valence-corrected chi connectivity index (χ3v) is 7.36. The second kappa shape index (κ2) is 5.50. The smallest absolute Gasteiger partial charge is 0.241 e. The summed E-state index contributed by atoms with van der Waals surface area (Å²) in [5.41, 5.74) is 0. The number of hydrogen-bond donors (Lipinski definition) is 2. The van der Waals surface area contributed by atoms with Crippen molar-refractivity contribution in [2.24, 2.45) is 0 Å². The molecule has 1 aliphatic rings. The molecule has 1 aromatic rings. The highest BCUT2D eigenvalue weighted by Gasteiger charge is 2.37. The molecular formula is C11H17NO3S3. The largest absolute Gasteiger partial charge is 0.391 e. The molecule has 0 spiro atoms. The second-order valence-corrected chi connectivity index (χ2v) is 8.44. The van der Waals surface area contributed by atoms with Gasteiger partial charge in [0.25, 0.3) is 0 Å². The van der Waals surface area contributed by atoms with E-state index in [1.165, 1.54) is 17.8 Å². The highest BCUT2D eigenvalue weighted by molar-refractivity contribution is 8.00. The van der Waals surface area contributed by atoms with Crippen LogP contribution < -0.4 is 4.72 Å². The summed E-state index contributed by atoms with van der Waals surface area (Å²) in [7, 11) is -3.49. The summed E-state index contributed by atoms with van der Waals surface area (Å²) in [6, 6.07) is 1.55. The van der Waals surface area contributed by atoms with Crippen molar-refractivity contribution < 1.29 is 13.5 Å². The van der Waals surface area contributed by atoms with Gasteiger partial charge < -0.3 is 5.11 Å². The maximum absolute atomic E-state index is 12.2. The molecule has 0 aliphatic heterocycles. The normalized spacial score (nSPS) is 18.6. The molecule has 1 aromatic heterocycles. The molecule has 0 unspecified atom stereocenters. The van der Waals surface area contributed by atoms with E-state index in [-0.39, 0.29) is 16.2 Å². The third kappa shape index (κ3) is 2.75. The Morgan fingerprint density at radius 3 is 2.78 bits per heavy atom. The molecule has 2 rings (SSSR count). The van der Waals surface area contributed by atoms with Crippen LogP contribution in [-0.2, 0) is 16.6 Å². The molecule has 0 amide bonds. The van der Waals surface area contributed by atoms with E-state index in [2.05, 4.69) is 4.72 Å². The van der Waals surface area contributed by atoms with Gasteiger partial charge in [-0.2, -0.15) is 11.8 Å². The van der Waals surface area contributed by atoms with Gasteiger partial charge in [0, 0.05) is 16.2 Å². The summed E-state index contributed by atoms with van der Waals surface area (Å²) in [5, 5.41) is 10.8. The van der Waals surface area contributed by atoms with E-state index in [0.717, 1.165) is 12.8 Å². The fourth-order valence-electron chi connectivity index (χ4n) is 2.01. The van der Waals surface area contributed by atoms with Gasteiger partial charge in [-0.05, 0) is 30.5 Å². The standard InChI is InChI=1S/C11H17NO3S3/c1-16-11(4-2-5-11)8-12-18(14,15)10-3-6-17-9(10)7-13/h3,6,12-13H,2,4-5,7-8H2,1H3. The number of aliphatic hydroxyl groups excluding tert-OH is 1. The van der Waals surface area contributed by atoms with Gasteiger partial charge in [0.1, 0.15) is 0 Å². The minimum Gasteiger partial charge on any atom is -0.391 e. The van der Waals surface area contributed by atoms with E-state index in [0.29, 0.717) is 11.4 Å². The van der Waals surface area contributed by atoms with Crippen molar-refractivity contribution in [3.05, 3.63) is 16.3 Å². The van der Waals surface area contributed by atoms with E-state index >= 15 is 0 Å². The van der Waals surface area contributed by atoms with Gasteiger partial charge >= 0.3 is 0 Å². The molecule has 0 saturated heterocycles. The molecule has 7 heteroatoms. The van der Waals surface area contributed by atoms with Crippen LogP contribution in [0.25, 0.3) is 0 Å². The van der Waals surface area contributed by atoms with Crippen LogP contribution in [0.2, 0.25) is 0 Å². The van der Waals surface area contributed by atoms with Gasteiger partial charge in [-0.3, -0.25) is 0 Å². The molecule has 102 valence electrons. The van der Waals surface area contributed by atoms with Gasteiger partial charge in [-0.25, -0.2) is 13.1 Å². The first kappa shape index (κ1) is 14.3. The number of thioether (sulfide) groups is 1. The summed E-state index contributed by atoms with van der Waals surface area (Å²) in [6.45, 7) is 0.235. The van der Waals surface area contributed by atoms with Crippen molar-refractivity contribution in [1.82, 2.24) is 4.72 Å². The molecule has 0 radical (unpaired) electrons. The van der Waals surface area contributed by atoms with Crippen molar-refractivity contribution in [2.75, 3.05) is 12.8 Å². The number of nitrogens with one attached hydrogen (secondary N) is 1. The van der Waals surface area contributed by atoms with Crippen LogP contribution in [0.4, 0.5) is 0 Å². The van der Waals surface area contributed by atoms with Crippen molar-refractivity contribution in [1.29, 1.82) is 0 Å². The number of sulfonamides is 1. The fraction of sp³-hybridized carbons (Fsp3) is 0.636. The fourth-order valence-corrected chi connectivity index (χ4v) is 5.44. The lowest BCUT2D eigenvalue weighted by Crippen LogP contribution is -2.45. The van der Waals surface area contributed by atoms with E-state index in [1.807, 2.05) is 6.26 Å². The molecule has 0 bridgehead atoms. The average Bonchev–Trinajstić information content (AvgIpc) is 2.77. The van der Waals surface area contributed by atoms with Crippen LogP contribution in [0.15, 0.2) is 16.3 Å². The van der Waals surface area contributed by atoms with Crippen LogP contribution in [0.1, 0.15) is 24.1 Å². The second-order valence-electron chi connectivity index (χ2n) is 4.43. The van der Waals surface area contributed by atoms with Gasteiger partial charge in [0.2, 0.25) is 10.0 Å². The molecule has 1 saturated carbocycles. The summed E-state index contributed by atoms with van der Waals surface area (Å²) in [5.74, 6) is 0. The SMILES string of the molecule is CSC1(CNS(=O)(=O)c2ccsc2CO)CCC1. The van der Waals surface area contributed by atoms with Crippen LogP contribution >= 0.6 is 23.1 Å². The molecule has 0 aromatic carbocycles. The molecule has 1 aliphatic carbocycles. The molecule has 18 heavy (non-hydrogen) atoms. The minimum absolute atomic E-state index is 0.0719. The van der Waals surface area contributed by atoms with E-state index in [1.54, 1.807) is 23.2 Å². The van der Waals surface area contributed by atoms with Crippen molar-refractivity contribution >= 4 is 33.1 Å². The zero-order valence-corrected chi connectivity index (χ0v) is 12.6. The number of thiophene rings is 1. The Kier molecular flexibility index (Phi) is 4.38. The van der Waals surface area contributed by atoms with Crippen molar-refractivity contribution in [3.63, 3.8) is 0 Å². The third-order valence-electron chi connectivity index (χ3n) is 3.42. The van der Waals surface area contributed by atoms with Crippen LogP contribution in [0, 0.1) is 0 Å². The molecule has 1 fully saturated rings. The summed E-state index contributed by atoms with van der Waals surface area (Å²) < 4.78 is 27.1. The number of aliphatic hydroxyl groups is 1. The van der Waals surface area contributed by atoms with Gasteiger partial charge in [-0.15, -0.1) is 11.3 Å². The van der Waals surface area contributed by atoms with Gasteiger partial charge in [-0.1, -0.05) is 6.42 Å². The summed E-state index contributed by atoms with van der Waals surface area (Å²) >= 11 is 2.99. The van der Waals surface area contributed by atoms with Crippen LogP contribution in [0.3, 0.4) is 0 Å². The summed E-state index contributed by atoms with van der Waals surface area (Å²) in [6.07, 6.45) is 5.32. The molecule has 2 N–H and O–H groups in total. The Bertz CT molecular complexity index is 500. The quantitative estimate of drug-likeness (QED) is 0.841. The van der Waals surface area contributed by atoms with E-state index in [4.69, 9.17) is 5.11 Å². The van der Waals surface area contributed by atoms with Crippen molar-refractivity contribution in [3.8, 4) is 0 Å². The zero-order chi connectivity index (χ0) is 13.2. The minimum atomic E-state index is -3.49. The lowest BCUT2D eigenvalue weighted by molar-refractivity contribution is 0.282. The molecule has 0 atom stereocenters. The predicted molar refractivity (Wildman–Crippen MR) is 75.5 cm³/mol. The molecular weight excluding hydrogens is 290 g/mol. The molecule has 4 nitrogen and oxygen atoms in total. The zero-order valence-electron chi connectivity index (χ0n) is 10.2. The highest BCUT2D eigenvalue weighted by Crippen LogP contribution is 2.42. The predicted octanol–water partition coefficient (Wildman–Crippen LogP) is 1.80. The first-order valence-electron chi connectivity index (χ1n) is 5.75. The van der Waals surface area contributed by atoms with E-state index in [9.17, 15) is 8.42 Å². The summed E-state index contributed by atoms with van der Waals surface area (Å²) in [4.78, 5) is 0.708. The Balaban J connectivity index is 2.08. The first-order valence-corrected chi connectivity index (χ1v) is 9.34. The lowest BCUT2D eigenvalue weighted by atomic mass is 9.84. The number of rotatable bonds is 6. The van der Waals surface area contributed by atoms with Crippen molar-refractivity contribution in [2.45, 2.75) is 35.5 Å². The topological polar surface area (TPSA) is 66.4 Å². The number of hydrogen-bond acceptors (Lipinski definition) is 5. The average molecular weight is 307 g/mol. The Labute approximate surface area is 116 Å². The first-order chi connectivity index (χ1) is 8.53.